The second-order valence-corrected chi connectivity index (χ2v) is 8.77. The van der Waals surface area contributed by atoms with Gasteiger partial charge in [-0.3, -0.25) is 4.55 Å². The molecule has 2 aromatic carbocycles. The van der Waals surface area contributed by atoms with Crippen molar-refractivity contribution in [3.05, 3.63) is 48.0 Å². The lowest BCUT2D eigenvalue weighted by Gasteiger charge is -2.11. The molecule has 0 atom stereocenters. The van der Waals surface area contributed by atoms with E-state index in [0.29, 0.717) is 5.75 Å². The van der Waals surface area contributed by atoms with Gasteiger partial charge in [0.2, 0.25) is 0 Å². The number of hydrogen-bond acceptors (Lipinski definition) is 4. The van der Waals surface area contributed by atoms with Gasteiger partial charge in [0.25, 0.3) is 0 Å². The zero-order chi connectivity index (χ0) is 21.1. The van der Waals surface area contributed by atoms with Crippen LogP contribution in [0.4, 0.5) is 0 Å². The summed E-state index contributed by atoms with van der Waals surface area (Å²) in [7, 11) is -4.60. The largest absolute Gasteiger partial charge is 0.506 e. The van der Waals surface area contributed by atoms with Crippen molar-refractivity contribution in [3.8, 4) is 17.2 Å². The van der Waals surface area contributed by atoms with E-state index in [4.69, 9.17) is 4.74 Å². The van der Waals surface area contributed by atoms with E-state index in [9.17, 15) is 18.1 Å². The molecule has 0 fully saturated rings. The summed E-state index contributed by atoms with van der Waals surface area (Å²) in [5, 5.41) is 9.79. The molecule has 0 unspecified atom stereocenters. The SMILES string of the molecule is CCCCCCCCCCCc1cccc(Oc2cccc(O)c2S(=O)(=O)O)c1. The maximum Gasteiger partial charge on any atom is 0.301 e. The quantitative estimate of drug-likeness (QED) is 0.285. The van der Waals surface area contributed by atoms with Gasteiger partial charge < -0.3 is 9.84 Å². The molecule has 5 nitrogen and oxygen atoms in total. The maximum absolute atomic E-state index is 11.5. The van der Waals surface area contributed by atoms with E-state index in [0.717, 1.165) is 18.4 Å². The molecule has 0 aliphatic carbocycles. The second-order valence-electron chi connectivity index (χ2n) is 7.41. The molecular formula is C23H32O5S. The molecule has 0 heterocycles. The fourth-order valence-electron chi connectivity index (χ4n) is 3.38. The van der Waals surface area contributed by atoms with Gasteiger partial charge in [0, 0.05) is 0 Å². The Labute approximate surface area is 174 Å². The van der Waals surface area contributed by atoms with E-state index in [-0.39, 0.29) is 5.75 Å². The minimum absolute atomic E-state index is 0.104. The summed E-state index contributed by atoms with van der Waals surface area (Å²) >= 11 is 0. The van der Waals surface area contributed by atoms with Crippen LogP contribution in [0.2, 0.25) is 0 Å². The topological polar surface area (TPSA) is 83.8 Å². The molecule has 2 N–H and O–H groups in total. The Hall–Kier alpha value is -2.05. The lowest BCUT2D eigenvalue weighted by molar-refractivity contribution is 0.415. The van der Waals surface area contributed by atoms with Crippen molar-refractivity contribution in [2.45, 2.75) is 76.0 Å². The fraction of sp³-hybridized carbons (Fsp3) is 0.478. The molecule has 0 aromatic heterocycles. The van der Waals surface area contributed by atoms with Crippen molar-refractivity contribution >= 4 is 10.1 Å². The average molecular weight is 421 g/mol. The average Bonchev–Trinajstić information content (AvgIpc) is 2.66. The summed E-state index contributed by atoms with van der Waals surface area (Å²) in [5.41, 5.74) is 1.11. The Kier molecular flexibility index (Phi) is 9.48. The van der Waals surface area contributed by atoms with E-state index in [1.807, 2.05) is 18.2 Å². The van der Waals surface area contributed by atoms with Crippen molar-refractivity contribution < 1.29 is 22.8 Å². The highest BCUT2D eigenvalue weighted by molar-refractivity contribution is 7.86. The molecule has 2 aromatic rings. The van der Waals surface area contributed by atoms with Crippen LogP contribution in [0.1, 0.15) is 70.3 Å². The number of hydrogen-bond donors (Lipinski definition) is 2. The van der Waals surface area contributed by atoms with E-state index in [1.54, 1.807) is 6.07 Å². The molecule has 0 aliphatic heterocycles. The van der Waals surface area contributed by atoms with Crippen LogP contribution in [-0.2, 0) is 16.5 Å². The molecule has 0 amide bonds. The molecule has 2 rings (SSSR count). The van der Waals surface area contributed by atoms with Crippen molar-refractivity contribution in [2.75, 3.05) is 0 Å². The number of benzene rings is 2. The van der Waals surface area contributed by atoms with Gasteiger partial charge in [0.05, 0.1) is 0 Å². The summed E-state index contributed by atoms with van der Waals surface area (Å²) in [6.45, 7) is 2.23. The highest BCUT2D eigenvalue weighted by atomic mass is 32.2. The molecule has 0 radical (unpaired) electrons. The van der Waals surface area contributed by atoms with Crippen LogP contribution in [0.25, 0.3) is 0 Å². The molecule has 0 saturated heterocycles. The zero-order valence-electron chi connectivity index (χ0n) is 17.1. The first-order valence-electron chi connectivity index (χ1n) is 10.5. The summed E-state index contributed by atoms with van der Waals surface area (Å²) in [6.07, 6.45) is 12.4. The molecule has 0 bridgehead atoms. The number of ether oxygens (including phenoxy) is 1. The van der Waals surface area contributed by atoms with Gasteiger partial charge in [0.15, 0.2) is 10.6 Å². The first-order chi connectivity index (χ1) is 13.9. The summed E-state index contributed by atoms with van der Waals surface area (Å²) in [4.78, 5) is -0.621. The predicted molar refractivity (Wildman–Crippen MR) is 115 cm³/mol. The first-order valence-corrected chi connectivity index (χ1v) is 11.9. The molecule has 0 spiro atoms. The molecule has 160 valence electrons. The van der Waals surface area contributed by atoms with Gasteiger partial charge in [-0.05, 0) is 42.7 Å². The van der Waals surface area contributed by atoms with Crippen LogP contribution in [0.15, 0.2) is 47.4 Å². The van der Waals surface area contributed by atoms with Gasteiger partial charge in [-0.15, -0.1) is 0 Å². The van der Waals surface area contributed by atoms with Crippen LogP contribution in [-0.4, -0.2) is 18.1 Å². The van der Waals surface area contributed by atoms with Gasteiger partial charge in [-0.25, -0.2) is 0 Å². The van der Waals surface area contributed by atoms with Crippen molar-refractivity contribution in [2.24, 2.45) is 0 Å². The monoisotopic (exact) mass is 420 g/mol. The Balaban J connectivity index is 1.86. The standard InChI is InChI=1S/C23H32O5S/c1-2-3-4-5-6-7-8-9-10-13-19-14-11-15-20(18-19)28-22-17-12-16-21(24)23(22)29(25,26)27/h11-12,14-18,24H,2-10,13H2,1H3,(H,25,26,27). The Morgan fingerprint density at radius 2 is 1.48 bits per heavy atom. The molecule has 0 aliphatic rings. The molecular weight excluding hydrogens is 388 g/mol. The molecule has 0 saturated carbocycles. The van der Waals surface area contributed by atoms with Crippen LogP contribution in [0, 0.1) is 0 Å². The van der Waals surface area contributed by atoms with Crippen molar-refractivity contribution in [3.63, 3.8) is 0 Å². The number of phenols is 1. The Morgan fingerprint density at radius 1 is 0.862 bits per heavy atom. The second kappa shape index (κ2) is 11.8. The van der Waals surface area contributed by atoms with E-state index in [1.165, 1.54) is 69.6 Å². The fourth-order valence-corrected chi connectivity index (χ4v) is 4.07. The third kappa shape index (κ3) is 8.07. The van der Waals surface area contributed by atoms with Crippen LogP contribution >= 0.6 is 0 Å². The normalized spacial score (nSPS) is 11.5. The number of rotatable bonds is 13. The molecule has 29 heavy (non-hydrogen) atoms. The highest BCUT2D eigenvalue weighted by Crippen LogP contribution is 2.35. The summed E-state index contributed by atoms with van der Waals surface area (Å²) in [5.74, 6) is -0.183. The lowest BCUT2D eigenvalue weighted by atomic mass is 10.0. The van der Waals surface area contributed by atoms with Gasteiger partial charge in [-0.1, -0.05) is 76.5 Å². The maximum atomic E-state index is 11.5. The first kappa shape index (κ1) is 23.2. The van der Waals surface area contributed by atoms with Crippen LogP contribution in [0.3, 0.4) is 0 Å². The lowest BCUT2D eigenvalue weighted by Crippen LogP contribution is -2.01. The zero-order valence-corrected chi connectivity index (χ0v) is 18.0. The Bertz CT molecular complexity index is 861. The van der Waals surface area contributed by atoms with E-state index in [2.05, 4.69) is 6.92 Å². The van der Waals surface area contributed by atoms with Gasteiger partial charge in [-0.2, -0.15) is 8.42 Å². The van der Waals surface area contributed by atoms with E-state index >= 15 is 0 Å². The highest BCUT2D eigenvalue weighted by Gasteiger charge is 2.22. The summed E-state index contributed by atoms with van der Waals surface area (Å²) < 4.78 is 38.1. The minimum atomic E-state index is -4.60. The third-order valence-corrected chi connectivity index (χ3v) is 5.84. The van der Waals surface area contributed by atoms with Crippen molar-refractivity contribution in [1.82, 2.24) is 0 Å². The minimum Gasteiger partial charge on any atom is -0.506 e. The van der Waals surface area contributed by atoms with Crippen LogP contribution in [0.5, 0.6) is 17.2 Å². The predicted octanol–water partition coefficient (Wildman–Crippen LogP) is 6.50. The number of aryl methyl sites for hydroxylation is 1. The van der Waals surface area contributed by atoms with Gasteiger partial charge in [0.1, 0.15) is 11.5 Å². The Morgan fingerprint density at radius 3 is 2.14 bits per heavy atom. The van der Waals surface area contributed by atoms with Crippen LogP contribution < -0.4 is 4.74 Å². The molecule has 6 heteroatoms. The van der Waals surface area contributed by atoms with Gasteiger partial charge >= 0.3 is 10.1 Å². The third-order valence-electron chi connectivity index (χ3n) is 4.91. The number of phenolic OH excluding ortho intramolecular Hbond substituents is 1. The summed E-state index contributed by atoms with van der Waals surface area (Å²) in [6, 6.07) is 11.5. The smallest absolute Gasteiger partial charge is 0.301 e. The van der Waals surface area contributed by atoms with E-state index < -0.39 is 20.8 Å². The van der Waals surface area contributed by atoms with Crippen molar-refractivity contribution in [1.29, 1.82) is 0 Å². The number of unbranched alkanes of at least 4 members (excludes halogenated alkanes) is 8. The number of aromatic hydroxyl groups is 1.